The molecule has 57 valence electrons. The van der Waals surface area contributed by atoms with Gasteiger partial charge in [-0.05, 0) is 12.8 Å². The Morgan fingerprint density at radius 1 is 1.45 bits per heavy atom. The first-order valence-electron chi connectivity index (χ1n) is 3.58. The van der Waals surface area contributed by atoms with Crippen molar-refractivity contribution in [1.29, 1.82) is 0 Å². The molecule has 0 N–H and O–H groups in total. The number of benzene rings is 1. The minimum Gasteiger partial charge on any atom is -0.239 e. The van der Waals surface area contributed by atoms with E-state index < -0.39 is 11.5 Å². The van der Waals surface area contributed by atoms with Gasteiger partial charge in [0, 0.05) is 11.6 Å². The summed E-state index contributed by atoms with van der Waals surface area (Å²) >= 11 is 0. The summed E-state index contributed by atoms with van der Waals surface area (Å²) < 4.78 is 26.1. The first-order chi connectivity index (χ1) is 5.22. The summed E-state index contributed by atoms with van der Waals surface area (Å²) in [5, 5.41) is 0. The lowest BCUT2D eigenvalue weighted by Crippen LogP contribution is -2.00. The molecule has 2 rings (SSSR count). The van der Waals surface area contributed by atoms with Crippen molar-refractivity contribution in [3.8, 4) is 0 Å². The van der Waals surface area contributed by atoms with Crippen molar-refractivity contribution in [1.82, 2.24) is 0 Å². The first-order valence-corrected chi connectivity index (χ1v) is 3.58. The fourth-order valence-electron chi connectivity index (χ4n) is 1.14. The van der Waals surface area contributed by atoms with Crippen LogP contribution in [0.15, 0.2) is 18.2 Å². The summed E-state index contributed by atoms with van der Waals surface area (Å²) in [7, 11) is 0. The summed E-state index contributed by atoms with van der Waals surface area (Å²) in [5.74, 6) is -0.549. The van der Waals surface area contributed by atoms with Gasteiger partial charge in [0.2, 0.25) is 0 Å². The summed E-state index contributed by atoms with van der Waals surface area (Å²) in [6, 6.07) is 6.88. The van der Waals surface area contributed by atoms with Crippen LogP contribution in [0.25, 0.3) is 0 Å². The molecule has 11 heavy (non-hydrogen) atoms. The minimum absolute atomic E-state index is 0.167. The van der Waals surface area contributed by atoms with Crippen LogP contribution in [0.5, 0.6) is 0 Å². The summed E-state index contributed by atoms with van der Waals surface area (Å²) in [6.07, 6.45) is 0.892. The van der Waals surface area contributed by atoms with E-state index >= 15 is 0 Å². The SMILES string of the molecule is Fc1[c]cccc1C1(F)CC1. The molecule has 0 saturated heterocycles. The van der Waals surface area contributed by atoms with Gasteiger partial charge in [-0.2, -0.15) is 0 Å². The lowest BCUT2D eigenvalue weighted by molar-refractivity contribution is 0.306. The van der Waals surface area contributed by atoms with Crippen molar-refractivity contribution >= 4 is 0 Å². The van der Waals surface area contributed by atoms with Crippen molar-refractivity contribution in [3.63, 3.8) is 0 Å². The van der Waals surface area contributed by atoms with Crippen LogP contribution >= 0.6 is 0 Å². The van der Waals surface area contributed by atoms with Gasteiger partial charge in [0.1, 0.15) is 11.5 Å². The monoisotopic (exact) mass is 153 g/mol. The average Bonchev–Trinajstić information content (AvgIpc) is 2.70. The molecule has 1 aromatic carbocycles. The molecule has 0 heterocycles. The van der Waals surface area contributed by atoms with Gasteiger partial charge in [0.15, 0.2) is 0 Å². The standard InChI is InChI=1S/C9H7F2/c10-8-4-2-1-3-7(8)9(11)5-6-9/h1-3H,5-6H2. The van der Waals surface area contributed by atoms with E-state index in [-0.39, 0.29) is 5.56 Å². The van der Waals surface area contributed by atoms with Gasteiger partial charge >= 0.3 is 0 Å². The van der Waals surface area contributed by atoms with Crippen molar-refractivity contribution < 1.29 is 8.78 Å². The molecule has 0 aliphatic heterocycles. The normalized spacial score (nSPS) is 19.8. The number of alkyl halides is 1. The number of hydrogen-bond donors (Lipinski definition) is 0. The molecule has 2 heteroatoms. The maximum atomic E-state index is 13.2. The Kier molecular flexibility index (Phi) is 1.25. The van der Waals surface area contributed by atoms with E-state index in [9.17, 15) is 8.78 Å². The van der Waals surface area contributed by atoms with Gasteiger partial charge in [-0.15, -0.1) is 0 Å². The first kappa shape index (κ1) is 6.77. The molecular weight excluding hydrogens is 146 g/mol. The second kappa shape index (κ2) is 2.03. The van der Waals surface area contributed by atoms with Crippen LogP contribution in [0.3, 0.4) is 0 Å². The van der Waals surface area contributed by atoms with Crippen molar-refractivity contribution in [2.45, 2.75) is 18.5 Å². The van der Waals surface area contributed by atoms with Crippen molar-refractivity contribution in [3.05, 3.63) is 35.6 Å². The van der Waals surface area contributed by atoms with E-state index in [2.05, 4.69) is 6.07 Å². The Morgan fingerprint density at radius 2 is 2.18 bits per heavy atom. The molecule has 1 saturated carbocycles. The highest BCUT2D eigenvalue weighted by Crippen LogP contribution is 2.50. The average molecular weight is 153 g/mol. The zero-order valence-electron chi connectivity index (χ0n) is 5.90. The Balaban J connectivity index is 2.45. The summed E-state index contributed by atoms with van der Waals surface area (Å²) in [5.41, 5.74) is -1.21. The number of halogens is 2. The van der Waals surface area contributed by atoms with E-state index in [0.717, 1.165) is 0 Å². The van der Waals surface area contributed by atoms with Crippen LogP contribution in [0.1, 0.15) is 18.4 Å². The van der Waals surface area contributed by atoms with E-state index in [4.69, 9.17) is 0 Å². The van der Waals surface area contributed by atoms with E-state index in [0.29, 0.717) is 12.8 Å². The highest BCUT2D eigenvalue weighted by Gasteiger charge is 2.46. The van der Waals surface area contributed by atoms with Crippen LogP contribution in [-0.2, 0) is 5.67 Å². The Bertz CT molecular complexity index is 277. The molecular formula is C9H7F2. The zero-order chi connectivity index (χ0) is 7.90. The molecule has 1 aliphatic carbocycles. The molecule has 0 spiro atoms. The predicted octanol–water partition coefficient (Wildman–Crippen LogP) is 2.58. The lowest BCUT2D eigenvalue weighted by Gasteiger charge is -2.04. The van der Waals surface area contributed by atoms with Crippen LogP contribution in [0.2, 0.25) is 0 Å². The summed E-state index contributed by atoms with van der Waals surface area (Å²) in [6.45, 7) is 0. The maximum absolute atomic E-state index is 13.2. The molecule has 0 nitrogen and oxygen atoms in total. The summed E-state index contributed by atoms with van der Waals surface area (Å²) in [4.78, 5) is 0. The maximum Gasteiger partial charge on any atom is 0.139 e. The molecule has 0 unspecified atom stereocenters. The molecule has 0 aromatic heterocycles. The Labute approximate surface area is 63.9 Å². The third-order valence-corrected chi connectivity index (χ3v) is 1.98. The quantitative estimate of drug-likeness (QED) is 0.581. The smallest absolute Gasteiger partial charge is 0.139 e. The molecule has 1 aliphatic rings. The second-order valence-corrected chi connectivity index (χ2v) is 2.86. The highest BCUT2D eigenvalue weighted by molar-refractivity contribution is 5.28. The van der Waals surface area contributed by atoms with Crippen LogP contribution in [-0.4, -0.2) is 0 Å². The van der Waals surface area contributed by atoms with Gasteiger partial charge in [0.05, 0.1) is 0 Å². The van der Waals surface area contributed by atoms with Crippen LogP contribution in [0.4, 0.5) is 8.78 Å². The molecule has 0 amide bonds. The third kappa shape index (κ3) is 1.02. The van der Waals surface area contributed by atoms with Crippen molar-refractivity contribution in [2.75, 3.05) is 0 Å². The molecule has 0 bridgehead atoms. The third-order valence-electron chi connectivity index (χ3n) is 1.98. The van der Waals surface area contributed by atoms with E-state index in [1.165, 1.54) is 12.1 Å². The van der Waals surface area contributed by atoms with Crippen LogP contribution < -0.4 is 0 Å². The molecule has 1 fully saturated rings. The minimum atomic E-state index is -1.37. The zero-order valence-corrected chi connectivity index (χ0v) is 5.90. The largest absolute Gasteiger partial charge is 0.239 e. The molecule has 1 radical (unpaired) electrons. The second-order valence-electron chi connectivity index (χ2n) is 2.86. The fourth-order valence-corrected chi connectivity index (χ4v) is 1.14. The van der Waals surface area contributed by atoms with Crippen molar-refractivity contribution in [2.24, 2.45) is 0 Å². The number of hydrogen-bond acceptors (Lipinski definition) is 0. The van der Waals surface area contributed by atoms with Crippen LogP contribution in [0, 0.1) is 11.9 Å². The fraction of sp³-hybridized carbons (Fsp3) is 0.333. The highest BCUT2D eigenvalue weighted by atomic mass is 19.2. The lowest BCUT2D eigenvalue weighted by atomic mass is 10.1. The van der Waals surface area contributed by atoms with Gasteiger partial charge in [-0.1, -0.05) is 18.2 Å². The topological polar surface area (TPSA) is 0 Å². The Hall–Kier alpha value is -0.920. The molecule has 0 atom stereocenters. The van der Waals surface area contributed by atoms with Gasteiger partial charge in [-0.3, -0.25) is 0 Å². The number of rotatable bonds is 1. The van der Waals surface area contributed by atoms with Gasteiger partial charge in [-0.25, -0.2) is 8.78 Å². The van der Waals surface area contributed by atoms with E-state index in [1.54, 1.807) is 6.07 Å². The predicted molar refractivity (Wildman–Crippen MR) is 37.3 cm³/mol. The Morgan fingerprint density at radius 3 is 2.73 bits per heavy atom. The van der Waals surface area contributed by atoms with E-state index in [1.807, 2.05) is 0 Å². The molecule has 1 aromatic rings. The van der Waals surface area contributed by atoms with Gasteiger partial charge in [0.25, 0.3) is 0 Å². The van der Waals surface area contributed by atoms with Gasteiger partial charge < -0.3 is 0 Å².